The van der Waals surface area contributed by atoms with Gasteiger partial charge < -0.3 is 10.1 Å². The third kappa shape index (κ3) is 2.63. The van der Waals surface area contributed by atoms with Crippen molar-refractivity contribution < 1.29 is 4.74 Å². The smallest absolute Gasteiger partial charge is 0.122 e. The van der Waals surface area contributed by atoms with Crippen LogP contribution >= 0.6 is 12.4 Å². The summed E-state index contributed by atoms with van der Waals surface area (Å²) in [5.41, 5.74) is 1.22. The molecule has 14 heavy (non-hydrogen) atoms. The maximum Gasteiger partial charge on any atom is 0.122 e. The molecule has 1 atom stereocenters. The summed E-state index contributed by atoms with van der Waals surface area (Å²) < 4.78 is 5.84. The molecule has 1 saturated heterocycles. The van der Waals surface area contributed by atoms with Crippen LogP contribution in [0.2, 0.25) is 0 Å². The lowest BCUT2D eigenvalue weighted by Crippen LogP contribution is -2.19. The van der Waals surface area contributed by atoms with E-state index < -0.39 is 0 Å². The minimum atomic E-state index is 0. The van der Waals surface area contributed by atoms with Gasteiger partial charge in [0.2, 0.25) is 0 Å². The SMILES string of the molecule is Cc1ccccc1OC1CCNC1.Cl. The van der Waals surface area contributed by atoms with Gasteiger partial charge in [0.1, 0.15) is 11.9 Å². The van der Waals surface area contributed by atoms with E-state index in [4.69, 9.17) is 4.74 Å². The summed E-state index contributed by atoms with van der Waals surface area (Å²) in [5.74, 6) is 1.02. The third-order valence-electron chi connectivity index (χ3n) is 2.40. The quantitative estimate of drug-likeness (QED) is 0.813. The van der Waals surface area contributed by atoms with E-state index in [-0.39, 0.29) is 12.4 Å². The van der Waals surface area contributed by atoms with E-state index in [1.807, 2.05) is 18.2 Å². The zero-order valence-electron chi connectivity index (χ0n) is 8.32. The zero-order chi connectivity index (χ0) is 9.10. The number of halogens is 1. The molecule has 1 N–H and O–H groups in total. The van der Waals surface area contributed by atoms with E-state index in [0.717, 1.165) is 25.3 Å². The first kappa shape index (κ1) is 11.3. The first-order valence-electron chi connectivity index (χ1n) is 4.79. The Bertz CT molecular complexity index is 284. The predicted molar refractivity (Wildman–Crippen MR) is 60.3 cm³/mol. The molecule has 1 aromatic carbocycles. The number of nitrogens with one attached hydrogen (secondary N) is 1. The fraction of sp³-hybridized carbons (Fsp3) is 0.455. The van der Waals surface area contributed by atoms with E-state index in [2.05, 4.69) is 18.3 Å². The molecule has 0 amide bonds. The van der Waals surface area contributed by atoms with Crippen LogP contribution in [-0.2, 0) is 0 Å². The lowest BCUT2D eigenvalue weighted by atomic mass is 10.2. The van der Waals surface area contributed by atoms with Crippen LogP contribution in [0, 0.1) is 6.92 Å². The Morgan fingerprint density at radius 2 is 2.14 bits per heavy atom. The lowest BCUT2D eigenvalue weighted by molar-refractivity contribution is 0.221. The Labute approximate surface area is 91.1 Å². The molecular weight excluding hydrogens is 198 g/mol. The minimum Gasteiger partial charge on any atom is -0.489 e. The van der Waals surface area contributed by atoms with Gasteiger partial charge in [0, 0.05) is 6.54 Å². The molecule has 0 aromatic heterocycles. The van der Waals surface area contributed by atoms with Gasteiger partial charge in [-0.2, -0.15) is 0 Å². The predicted octanol–water partition coefficient (Wildman–Crippen LogP) is 2.16. The van der Waals surface area contributed by atoms with Crippen LogP contribution in [0.4, 0.5) is 0 Å². The first-order valence-corrected chi connectivity index (χ1v) is 4.79. The number of ether oxygens (including phenoxy) is 1. The van der Waals surface area contributed by atoms with Crippen molar-refractivity contribution in [1.82, 2.24) is 5.32 Å². The Hall–Kier alpha value is -0.730. The van der Waals surface area contributed by atoms with E-state index >= 15 is 0 Å². The van der Waals surface area contributed by atoms with Crippen LogP contribution in [0.1, 0.15) is 12.0 Å². The van der Waals surface area contributed by atoms with E-state index in [0.29, 0.717) is 6.10 Å². The van der Waals surface area contributed by atoms with Crippen molar-refractivity contribution in [2.24, 2.45) is 0 Å². The van der Waals surface area contributed by atoms with Gasteiger partial charge in [0.05, 0.1) is 0 Å². The summed E-state index contributed by atoms with van der Waals surface area (Å²) in [6.45, 7) is 4.14. The Kier molecular flexibility index (Phi) is 4.23. The van der Waals surface area contributed by atoms with Crippen molar-refractivity contribution in [2.75, 3.05) is 13.1 Å². The molecule has 0 bridgehead atoms. The largest absolute Gasteiger partial charge is 0.489 e. The molecule has 1 fully saturated rings. The molecule has 2 rings (SSSR count). The average molecular weight is 214 g/mol. The van der Waals surface area contributed by atoms with Crippen LogP contribution in [0.15, 0.2) is 24.3 Å². The minimum absolute atomic E-state index is 0. The highest BCUT2D eigenvalue weighted by molar-refractivity contribution is 5.85. The van der Waals surface area contributed by atoms with E-state index in [1.54, 1.807) is 0 Å². The van der Waals surface area contributed by atoms with Gasteiger partial charge in [-0.25, -0.2) is 0 Å². The van der Waals surface area contributed by atoms with Gasteiger partial charge in [-0.05, 0) is 31.5 Å². The molecule has 2 nitrogen and oxygen atoms in total. The van der Waals surface area contributed by atoms with Gasteiger partial charge >= 0.3 is 0 Å². The van der Waals surface area contributed by atoms with Gasteiger partial charge in [0.15, 0.2) is 0 Å². The average Bonchev–Trinajstić information content (AvgIpc) is 2.61. The second kappa shape index (κ2) is 5.23. The van der Waals surface area contributed by atoms with E-state index in [9.17, 15) is 0 Å². The number of aryl methyl sites for hydroxylation is 1. The number of hydrogen-bond acceptors (Lipinski definition) is 2. The second-order valence-corrected chi connectivity index (χ2v) is 3.50. The molecule has 0 radical (unpaired) electrons. The summed E-state index contributed by atoms with van der Waals surface area (Å²) in [4.78, 5) is 0. The highest BCUT2D eigenvalue weighted by Crippen LogP contribution is 2.19. The van der Waals surface area contributed by atoms with Gasteiger partial charge in [-0.1, -0.05) is 18.2 Å². The van der Waals surface area contributed by atoms with Crippen LogP contribution in [0.5, 0.6) is 5.75 Å². The normalized spacial score (nSPS) is 20.2. The fourth-order valence-corrected chi connectivity index (χ4v) is 1.60. The Morgan fingerprint density at radius 1 is 1.36 bits per heavy atom. The molecule has 1 aromatic rings. The fourth-order valence-electron chi connectivity index (χ4n) is 1.60. The molecule has 3 heteroatoms. The topological polar surface area (TPSA) is 21.3 Å². The third-order valence-corrected chi connectivity index (χ3v) is 2.40. The van der Waals surface area contributed by atoms with Crippen LogP contribution in [0.3, 0.4) is 0 Å². The number of benzene rings is 1. The molecule has 1 aliphatic rings. The van der Waals surface area contributed by atoms with Gasteiger partial charge in [0.25, 0.3) is 0 Å². The standard InChI is InChI=1S/C11H15NO.ClH/c1-9-4-2-3-5-11(9)13-10-6-7-12-8-10;/h2-5,10,12H,6-8H2,1H3;1H. The number of para-hydroxylation sites is 1. The number of rotatable bonds is 2. The molecule has 1 heterocycles. The van der Waals surface area contributed by atoms with Crippen molar-refractivity contribution in [2.45, 2.75) is 19.4 Å². The van der Waals surface area contributed by atoms with Crippen LogP contribution in [0.25, 0.3) is 0 Å². The summed E-state index contributed by atoms with van der Waals surface area (Å²) >= 11 is 0. The van der Waals surface area contributed by atoms with Crippen molar-refractivity contribution in [3.8, 4) is 5.75 Å². The monoisotopic (exact) mass is 213 g/mol. The summed E-state index contributed by atoms with van der Waals surface area (Å²) in [6.07, 6.45) is 1.48. The van der Waals surface area contributed by atoms with Crippen molar-refractivity contribution in [3.05, 3.63) is 29.8 Å². The summed E-state index contributed by atoms with van der Waals surface area (Å²) in [5, 5.41) is 3.29. The van der Waals surface area contributed by atoms with Crippen molar-refractivity contribution in [3.63, 3.8) is 0 Å². The maximum atomic E-state index is 5.84. The molecule has 78 valence electrons. The molecule has 0 spiro atoms. The highest BCUT2D eigenvalue weighted by atomic mass is 35.5. The van der Waals surface area contributed by atoms with E-state index in [1.165, 1.54) is 5.56 Å². The van der Waals surface area contributed by atoms with Crippen LogP contribution in [-0.4, -0.2) is 19.2 Å². The summed E-state index contributed by atoms with van der Waals surface area (Å²) in [6, 6.07) is 8.17. The summed E-state index contributed by atoms with van der Waals surface area (Å²) in [7, 11) is 0. The highest BCUT2D eigenvalue weighted by Gasteiger charge is 2.16. The molecule has 0 saturated carbocycles. The maximum absolute atomic E-state index is 5.84. The molecular formula is C11H16ClNO. The lowest BCUT2D eigenvalue weighted by Gasteiger charge is -2.13. The molecule has 0 aliphatic carbocycles. The van der Waals surface area contributed by atoms with Gasteiger partial charge in [-0.15, -0.1) is 12.4 Å². The molecule has 1 unspecified atom stereocenters. The van der Waals surface area contributed by atoms with Gasteiger partial charge in [-0.3, -0.25) is 0 Å². The second-order valence-electron chi connectivity index (χ2n) is 3.50. The number of hydrogen-bond donors (Lipinski definition) is 1. The Morgan fingerprint density at radius 3 is 2.79 bits per heavy atom. The first-order chi connectivity index (χ1) is 6.36. The molecule has 1 aliphatic heterocycles. The van der Waals surface area contributed by atoms with Crippen molar-refractivity contribution >= 4 is 12.4 Å². The van der Waals surface area contributed by atoms with Crippen LogP contribution < -0.4 is 10.1 Å². The Balaban J connectivity index is 0.000000980. The zero-order valence-corrected chi connectivity index (χ0v) is 9.14. The van der Waals surface area contributed by atoms with Crippen molar-refractivity contribution in [1.29, 1.82) is 0 Å².